The zero-order valence-corrected chi connectivity index (χ0v) is 7.05. The second-order valence-corrected chi connectivity index (χ2v) is 3.84. The van der Waals surface area contributed by atoms with Gasteiger partial charge >= 0.3 is 5.97 Å². The van der Waals surface area contributed by atoms with Crippen LogP contribution in [0, 0.1) is 11.3 Å². The standard InChI is InChI=1S/C8H15NO2/c1-8(2)5-9-4-3-6(8)7(10)11/h6,9H,3-5H2,1-2H3,(H,10,11)/t6-/m1/s1. The van der Waals surface area contributed by atoms with E-state index in [1.807, 2.05) is 13.8 Å². The lowest BCUT2D eigenvalue weighted by Crippen LogP contribution is -2.45. The molecule has 1 aliphatic heterocycles. The summed E-state index contributed by atoms with van der Waals surface area (Å²) < 4.78 is 0. The summed E-state index contributed by atoms with van der Waals surface area (Å²) in [4.78, 5) is 10.7. The third-order valence-electron chi connectivity index (χ3n) is 2.43. The normalized spacial score (nSPS) is 29.8. The molecular formula is C8H15NO2. The van der Waals surface area contributed by atoms with Crippen molar-refractivity contribution in [1.29, 1.82) is 0 Å². The van der Waals surface area contributed by atoms with Crippen molar-refractivity contribution in [3.05, 3.63) is 0 Å². The lowest BCUT2D eigenvalue weighted by atomic mass is 9.75. The zero-order chi connectivity index (χ0) is 8.48. The van der Waals surface area contributed by atoms with Gasteiger partial charge in [0.1, 0.15) is 0 Å². The lowest BCUT2D eigenvalue weighted by molar-refractivity contribution is -0.147. The number of carboxylic acid groups (broad SMARTS) is 1. The highest BCUT2D eigenvalue weighted by Crippen LogP contribution is 2.31. The van der Waals surface area contributed by atoms with Gasteiger partial charge in [-0.1, -0.05) is 13.8 Å². The van der Waals surface area contributed by atoms with Gasteiger partial charge < -0.3 is 10.4 Å². The highest BCUT2D eigenvalue weighted by atomic mass is 16.4. The van der Waals surface area contributed by atoms with Gasteiger partial charge in [-0.3, -0.25) is 4.79 Å². The SMILES string of the molecule is CC1(C)CNCC[C@@H]1C(=O)O. The van der Waals surface area contributed by atoms with E-state index in [4.69, 9.17) is 5.11 Å². The molecule has 0 aliphatic carbocycles. The summed E-state index contributed by atoms with van der Waals surface area (Å²) in [5.74, 6) is -0.833. The Hall–Kier alpha value is -0.570. The fraction of sp³-hybridized carbons (Fsp3) is 0.875. The van der Waals surface area contributed by atoms with E-state index in [1.54, 1.807) is 0 Å². The molecule has 0 bridgehead atoms. The van der Waals surface area contributed by atoms with Crippen LogP contribution in [-0.4, -0.2) is 24.2 Å². The van der Waals surface area contributed by atoms with Crippen molar-refractivity contribution < 1.29 is 9.90 Å². The number of aliphatic carboxylic acids is 1. The van der Waals surface area contributed by atoms with Gasteiger partial charge in [0, 0.05) is 6.54 Å². The van der Waals surface area contributed by atoms with Crippen molar-refractivity contribution in [2.24, 2.45) is 11.3 Å². The highest BCUT2D eigenvalue weighted by molar-refractivity contribution is 5.71. The molecule has 64 valence electrons. The van der Waals surface area contributed by atoms with E-state index in [0.29, 0.717) is 0 Å². The minimum Gasteiger partial charge on any atom is -0.481 e. The van der Waals surface area contributed by atoms with E-state index in [-0.39, 0.29) is 11.3 Å². The van der Waals surface area contributed by atoms with Gasteiger partial charge in [-0.25, -0.2) is 0 Å². The molecular weight excluding hydrogens is 142 g/mol. The van der Waals surface area contributed by atoms with Gasteiger partial charge in [0.25, 0.3) is 0 Å². The van der Waals surface area contributed by atoms with Crippen molar-refractivity contribution in [2.75, 3.05) is 13.1 Å². The smallest absolute Gasteiger partial charge is 0.307 e. The molecule has 1 saturated heterocycles. The molecule has 0 aromatic heterocycles. The molecule has 1 aliphatic rings. The number of hydrogen-bond donors (Lipinski definition) is 2. The first-order valence-electron chi connectivity index (χ1n) is 3.97. The first kappa shape index (κ1) is 8.53. The van der Waals surface area contributed by atoms with Crippen molar-refractivity contribution in [3.63, 3.8) is 0 Å². The van der Waals surface area contributed by atoms with Gasteiger partial charge in [0.05, 0.1) is 5.92 Å². The average molecular weight is 157 g/mol. The Morgan fingerprint density at radius 3 is 2.64 bits per heavy atom. The van der Waals surface area contributed by atoms with E-state index in [9.17, 15) is 4.79 Å². The molecule has 0 aromatic carbocycles. The maximum atomic E-state index is 10.7. The summed E-state index contributed by atoms with van der Waals surface area (Å²) in [5.41, 5.74) is -0.0932. The van der Waals surface area contributed by atoms with Gasteiger partial charge in [-0.15, -0.1) is 0 Å². The van der Waals surface area contributed by atoms with Crippen LogP contribution < -0.4 is 5.32 Å². The molecule has 1 fully saturated rings. The van der Waals surface area contributed by atoms with E-state index >= 15 is 0 Å². The Bertz CT molecular complexity index is 165. The second-order valence-electron chi connectivity index (χ2n) is 3.84. The van der Waals surface area contributed by atoms with Gasteiger partial charge in [-0.2, -0.15) is 0 Å². The minimum atomic E-state index is -0.656. The summed E-state index contributed by atoms with van der Waals surface area (Å²) in [5, 5.41) is 12.0. The van der Waals surface area contributed by atoms with Crippen LogP contribution in [0.2, 0.25) is 0 Å². The summed E-state index contributed by atoms with van der Waals surface area (Å²) in [6.07, 6.45) is 0.752. The zero-order valence-electron chi connectivity index (χ0n) is 7.05. The van der Waals surface area contributed by atoms with Gasteiger partial charge in [-0.05, 0) is 18.4 Å². The Morgan fingerprint density at radius 1 is 1.64 bits per heavy atom. The maximum absolute atomic E-state index is 10.7. The van der Waals surface area contributed by atoms with Crippen LogP contribution in [0.4, 0.5) is 0 Å². The van der Waals surface area contributed by atoms with Crippen molar-refractivity contribution in [3.8, 4) is 0 Å². The third kappa shape index (κ3) is 1.71. The van der Waals surface area contributed by atoms with Gasteiger partial charge in [0.15, 0.2) is 0 Å². The van der Waals surface area contributed by atoms with Crippen molar-refractivity contribution >= 4 is 5.97 Å². The van der Waals surface area contributed by atoms with E-state index < -0.39 is 5.97 Å². The molecule has 0 aromatic rings. The van der Waals surface area contributed by atoms with Crippen molar-refractivity contribution in [2.45, 2.75) is 20.3 Å². The van der Waals surface area contributed by atoms with Crippen LogP contribution in [0.1, 0.15) is 20.3 Å². The van der Waals surface area contributed by atoms with E-state index in [0.717, 1.165) is 19.5 Å². The Morgan fingerprint density at radius 2 is 2.27 bits per heavy atom. The summed E-state index contributed by atoms with van der Waals surface area (Å²) in [6, 6.07) is 0. The summed E-state index contributed by atoms with van der Waals surface area (Å²) >= 11 is 0. The molecule has 0 saturated carbocycles. The lowest BCUT2D eigenvalue weighted by Gasteiger charge is -2.36. The van der Waals surface area contributed by atoms with Crippen molar-refractivity contribution in [1.82, 2.24) is 5.32 Å². The second kappa shape index (κ2) is 2.81. The Labute approximate surface area is 66.8 Å². The van der Waals surface area contributed by atoms with Crippen LogP contribution in [0.25, 0.3) is 0 Å². The number of carboxylic acids is 1. The molecule has 3 nitrogen and oxygen atoms in total. The molecule has 0 amide bonds. The molecule has 1 atom stereocenters. The number of carbonyl (C=O) groups is 1. The first-order chi connectivity index (χ1) is 5.04. The van der Waals surface area contributed by atoms with Gasteiger partial charge in [0.2, 0.25) is 0 Å². The summed E-state index contributed by atoms with van der Waals surface area (Å²) in [6.45, 7) is 5.64. The van der Waals surface area contributed by atoms with Crippen LogP contribution in [-0.2, 0) is 4.79 Å². The molecule has 1 heterocycles. The Kier molecular flexibility index (Phi) is 2.18. The highest BCUT2D eigenvalue weighted by Gasteiger charge is 2.36. The van der Waals surface area contributed by atoms with Crippen LogP contribution in [0.3, 0.4) is 0 Å². The predicted octanol–water partition coefficient (Wildman–Crippen LogP) is 0.707. The fourth-order valence-electron chi connectivity index (χ4n) is 1.63. The van der Waals surface area contributed by atoms with Crippen LogP contribution >= 0.6 is 0 Å². The first-order valence-corrected chi connectivity index (χ1v) is 3.97. The average Bonchev–Trinajstić information content (AvgIpc) is 1.85. The van der Waals surface area contributed by atoms with E-state index in [1.165, 1.54) is 0 Å². The minimum absolute atomic E-state index is 0.0932. The molecule has 0 spiro atoms. The monoisotopic (exact) mass is 157 g/mol. The number of nitrogens with one attached hydrogen (secondary N) is 1. The van der Waals surface area contributed by atoms with Crippen LogP contribution in [0.15, 0.2) is 0 Å². The van der Waals surface area contributed by atoms with E-state index in [2.05, 4.69) is 5.32 Å². The summed E-state index contributed by atoms with van der Waals surface area (Å²) in [7, 11) is 0. The molecule has 1 rings (SSSR count). The van der Waals surface area contributed by atoms with Crippen LogP contribution in [0.5, 0.6) is 0 Å². The maximum Gasteiger partial charge on any atom is 0.307 e. The molecule has 0 radical (unpaired) electrons. The molecule has 2 N–H and O–H groups in total. The predicted molar refractivity (Wildman–Crippen MR) is 42.4 cm³/mol. The number of hydrogen-bond acceptors (Lipinski definition) is 2. The topological polar surface area (TPSA) is 49.3 Å². The fourth-order valence-corrected chi connectivity index (χ4v) is 1.63. The molecule has 3 heteroatoms. The number of piperidine rings is 1. The Balaban J connectivity index is 2.67. The molecule has 11 heavy (non-hydrogen) atoms. The third-order valence-corrected chi connectivity index (χ3v) is 2.43. The number of rotatable bonds is 1. The quantitative estimate of drug-likeness (QED) is 0.589. The largest absolute Gasteiger partial charge is 0.481 e. The molecule has 0 unspecified atom stereocenters.